The molecule has 0 fully saturated rings. The second-order valence-corrected chi connectivity index (χ2v) is 6.47. The Hall–Kier alpha value is -3.81. The van der Waals surface area contributed by atoms with Gasteiger partial charge in [0.1, 0.15) is 11.5 Å². The molecule has 1 aromatic heterocycles. The summed E-state index contributed by atoms with van der Waals surface area (Å²) in [4.78, 5) is 0. The molecule has 4 aromatic rings. The third kappa shape index (κ3) is 4.85. The van der Waals surface area contributed by atoms with Crippen LogP contribution < -0.4 is 9.47 Å². The van der Waals surface area contributed by atoms with E-state index in [0.717, 1.165) is 16.9 Å². The Morgan fingerprint density at radius 2 is 1.16 bits per heavy atom. The molecule has 0 aliphatic carbocycles. The molecular formula is C23H16F4N2O2. The van der Waals surface area contributed by atoms with Crippen molar-refractivity contribution in [3.05, 3.63) is 84.9 Å². The number of ether oxygens (including phenoxy) is 2. The van der Waals surface area contributed by atoms with Gasteiger partial charge in [0.2, 0.25) is 0 Å². The zero-order chi connectivity index (χ0) is 21.8. The molecule has 4 nitrogen and oxygen atoms in total. The topological polar surface area (TPSA) is 36.3 Å². The maximum atomic E-state index is 12.4. The minimum Gasteiger partial charge on any atom is -0.435 e. The van der Waals surface area contributed by atoms with Crippen molar-refractivity contribution in [1.82, 2.24) is 9.78 Å². The number of para-hydroxylation sites is 1. The average molecular weight is 428 g/mol. The number of aromatic nitrogens is 2. The third-order valence-electron chi connectivity index (χ3n) is 4.46. The molecule has 0 aliphatic rings. The first-order valence-corrected chi connectivity index (χ1v) is 9.25. The van der Waals surface area contributed by atoms with Crippen molar-refractivity contribution in [2.45, 2.75) is 13.2 Å². The number of halogens is 4. The molecule has 0 N–H and O–H groups in total. The number of rotatable bonds is 7. The molecule has 4 rings (SSSR count). The quantitative estimate of drug-likeness (QED) is 0.319. The van der Waals surface area contributed by atoms with Gasteiger partial charge in [-0.05, 0) is 66.7 Å². The van der Waals surface area contributed by atoms with Crippen molar-refractivity contribution < 1.29 is 27.0 Å². The monoisotopic (exact) mass is 428 g/mol. The van der Waals surface area contributed by atoms with Crippen molar-refractivity contribution in [2.24, 2.45) is 0 Å². The molecule has 31 heavy (non-hydrogen) atoms. The Morgan fingerprint density at radius 1 is 0.645 bits per heavy atom. The van der Waals surface area contributed by atoms with E-state index in [1.807, 2.05) is 36.4 Å². The van der Waals surface area contributed by atoms with Crippen LogP contribution in [-0.4, -0.2) is 23.0 Å². The summed E-state index contributed by atoms with van der Waals surface area (Å²) in [6.07, 6.45) is 0. The Bertz CT molecular complexity index is 1130. The van der Waals surface area contributed by atoms with E-state index in [2.05, 4.69) is 14.6 Å². The molecule has 0 aliphatic heterocycles. The van der Waals surface area contributed by atoms with E-state index in [1.54, 1.807) is 28.9 Å². The molecule has 0 spiro atoms. The van der Waals surface area contributed by atoms with Crippen LogP contribution in [0.5, 0.6) is 11.5 Å². The Labute approximate surface area is 175 Å². The minimum atomic E-state index is -2.90. The number of nitrogens with zero attached hydrogens (tertiary/aromatic N) is 2. The fraction of sp³-hybridized carbons (Fsp3) is 0.0870. The highest BCUT2D eigenvalue weighted by Crippen LogP contribution is 2.31. The number of hydrogen-bond donors (Lipinski definition) is 0. The summed E-state index contributed by atoms with van der Waals surface area (Å²) in [7, 11) is 0. The van der Waals surface area contributed by atoms with E-state index in [9.17, 15) is 17.6 Å². The molecule has 1 heterocycles. The zero-order valence-corrected chi connectivity index (χ0v) is 16.0. The van der Waals surface area contributed by atoms with Crippen molar-refractivity contribution in [2.75, 3.05) is 0 Å². The summed E-state index contributed by atoms with van der Waals surface area (Å²) in [6.45, 7) is -5.80. The lowest BCUT2D eigenvalue weighted by molar-refractivity contribution is -0.0505. The minimum absolute atomic E-state index is 0.0519. The standard InChI is InChI=1S/C23H16F4N2O2/c24-22(25)30-18-10-6-15(7-11-18)20-14-21(29(28-20)17-4-2-1-3-5-17)16-8-12-19(13-9-16)31-23(26)27/h1-14,22-23H. The molecule has 0 radical (unpaired) electrons. The first-order valence-electron chi connectivity index (χ1n) is 9.25. The van der Waals surface area contributed by atoms with E-state index in [1.165, 1.54) is 24.3 Å². The second kappa shape index (κ2) is 8.91. The van der Waals surface area contributed by atoms with Crippen LogP contribution in [0.4, 0.5) is 17.6 Å². The Balaban J connectivity index is 1.73. The van der Waals surface area contributed by atoms with Crippen LogP contribution in [0.1, 0.15) is 0 Å². The van der Waals surface area contributed by atoms with Gasteiger partial charge in [0.25, 0.3) is 0 Å². The Morgan fingerprint density at radius 3 is 1.68 bits per heavy atom. The molecule has 8 heteroatoms. The van der Waals surface area contributed by atoms with Gasteiger partial charge in [0, 0.05) is 11.1 Å². The first-order chi connectivity index (χ1) is 15.0. The summed E-state index contributed by atoms with van der Waals surface area (Å²) in [5, 5.41) is 4.66. The van der Waals surface area contributed by atoms with Gasteiger partial charge in [0.15, 0.2) is 0 Å². The van der Waals surface area contributed by atoms with Crippen molar-refractivity contribution >= 4 is 0 Å². The van der Waals surface area contributed by atoms with Crippen LogP contribution >= 0.6 is 0 Å². The fourth-order valence-electron chi connectivity index (χ4n) is 3.11. The molecule has 0 atom stereocenters. The van der Waals surface area contributed by atoms with Gasteiger partial charge in [-0.1, -0.05) is 18.2 Å². The highest BCUT2D eigenvalue weighted by Gasteiger charge is 2.14. The van der Waals surface area contributed by atoms with E-state index < -0.39 is 13.2 Å². The van der Waals surface area contributed by atoms with Crippen molar-refractivity contribution in [3.8, 4) is 39.7 Å². The van der Waals surface area contributed by atoms with Gasteiger partial charge in [-0.2, -0.15) is 22.7 Å². The molecular weight excluding hydrogens is 412 g/mol. The molecule has 158 valence electrons. The molecule has 3 aromatic carbocycles. The molecule has 0 amide bonds. The summed E-state index contributed by atoms with van der Waals surface area (Å²) in [5.41, 5.74) is 3.57. The zero-order valence-electron chi connectivity index (χ0n) is 16.0. The summed E-state index contributed by atoms with van der Waals surface area (Å²) in [5.74, 6) is 0.107. The summed E-state index contributed by atoms with van der Waals surface area (Å²) < 4.78 is 60.2. The lowest BCUT2D eigenvalue weighted by atomic mass is 10.1. The van der Waals surface area contributed by atoms with Gasteiger partial charge in [-0.3, -0.25) is 0 Å². The van der Waals surface area contributed by atoms with E-state index >= 15 is 0 Å². The Kier molecular flexibility index (Phi) is 5.88. The van der Waals surface area contributed by atoms with E-state index in [0.29, 0.717) is 11.3 Å². The van der Waals surface area contributed by atoms with Crippen LogP contribution in [-0.2, 0) is 0 Å². The third-order valence-corrected chi connectivity index (χ3v) is 4.46. The SMILES string of the molecule is FC(F)Oc1ccc(-c2cc(-c3ccc(OC(F)F)cc3)n(-c3ccccc3)n2)cc1. The maximum absolute atomic E-state index is 12.4. The molecule has 0 unspecified atom stereocenters. The summed E-state index contributed by atoms with van der Waals surface area (Å²) >= 11 is 0. The highest BCUT2D eigenvalue weighted by atomic mass is 19.3. The van der Waals surface area contributed by atoms with Crippen LogP contribution in [0.15, 0.2) is 84.9 Å². The van der Waals surface area contributed by atoms with E-state index in [-0.39, 0.29) is 11.5 Å². The fourth-order valence-corrected chi connectivity index (χ4v) is 3.11. The maximum Gasteiger partial charge on any atom is 0.387 e. The molecule has 0 bridgehead atoms. The van der Waals surface area contributed by atoms with Crippen LogP contribution in [0.25, 0.3) is 28.2 Å². The predicted octanol–water partition coefficient (Wildman–Crippen LogP) is 6.41. The number of alkyl halides is 4. The van der Waals surface area contributed by atoms with Gasteiger partial charge in [0.05, 0.1) is 17.1 Å². The van der Waals surface area contributed by atoms with Crippen molar-refractivity contribution in [1.29, 1.82) is 0 Å². The van der Waals surface area contributed by atoms with Crippen LogP contribution in [0, 0.1) is 0 Å². The lowest BCUT2D eigenvalue weighted by Gasteiger charge is -2.09. The van der Waals surface area contributed by atoms with Crippen LogP contribution in [0.3, 0.4) is 0 Å². The van der Waals surface area contributed by atoms with E-state index in [4.69, 9.17) is 0 Å². The molecule has 0 saturated heterocycles. The second-order valence-electron chi connectivity index (χ2n) is 6.47. The summed E-state index contributed by atoms with van der Waals surface area (Å²) in [6, 6.07) is 23.6. The van der Waals surface area contributed by atoms with Crippen molar-refractivity contribution in [3.63, 3.8) is 0 Å². The van der Waals surface area contributed by atoms with Gasteiger partial charge >= 0.3 is 13.2 Å². The largest absolute Gasteiger partial charge is 0.435 e. The van der Waals surface area contributed by atoms with Crippen LogP contribution in [0.2, 0.25) is 0 Å². The van der Waals surface area contributed by atoms with Gasteiger partial charge in [-0.15, -0.1) is 0 Å². The van der Waals surface area contributed by atoms with Gasteiger partial charge < -0.3 is 9.47 Å². The smallest absolute Gasteiger partial charge is 0.387 e. The molecule has 0 saturated carbocycles. The lowest BCUT2D eigenvalue weighted by Crippen LogP contribution is -2.02. The average Bonchev–Trinajstić information content (AvgIpc) is 3.20. The van der Waals surface area contributed by atoms with Gasteiger partial charge in [-0.25, -0.2) is 4.68 Å². The first kappa shape index (κ1) is 20.5. The normalized spacial score (nSPS) is 11.2. The highest BCUT2D eigenvalue weighted by molar-refractivity contribution is 5.71. The number of hydrogen-bond acceptors (Lipinski definition) is 3. The number of benzene rings is 3. The predicted molar refractivity (Wildman–Crippen MR) is 108 cm³/mol.